The van der Waals surface area contributed by atoms with Gasteiger partial charge in [0.1, 0.15) is 0 Å². The van der Waals surface area contributed by atoms with Gasteiger partial charge in [-0.1, -0.05) is 30.8 Å². The number of rotatable bonds is 0. The van der Waals surface area contributed by atoms with Crippen LogP contribution in [0.4, 0.5) is 0 Å². The van der Waals surface area contributed by atoms with Gasteiger partial charge in [-0.3, -0.25) is 4.79 Å². The van der Waals surface area contributed by atoms with E-state index in [0.717, 1.165) is 50.5 Å². The van der Waals surface area contributed by atoms with Crippen LogP contribution in [0.3, 0.4) is 0 Å². The Labute approximate surface area is 126 Å². The highest BCUT2D eigenvalue weighted by Gasteiger charge is 2.30. The molecular formula is C20H20O. The van der Waals surface area contributed by atoms with Crippen molar-refractivity contribution < 1.29 is 4.79 Å². The number of Topliss-reactive ketones (excluding diaryl/α,β-unsaturated/α-hetero) is 1. The number of fused-ring (bicyclic) bond motifs is 3. The highest BCUT2D eigenvalue weighted by molar-refractivity contribution is 6.00. The van der Waals surface area contributed by atoms with Gasteiger partial charge in [0.25, 0.3) is 0 Å². The fourth-order valence-electron chi connectivity index (χ4n) is 4.16. The zero-order valence-electron chi connectivity index (χ0n) is 12.4. The molecule has 4 rings (SSSR count). The molecule has 0 spiro atoms. The molecule has 0 fully saturated rings. The highest BCUT2D eigenvalue weighted by Crippen LogP contribution is 2.46. The summed E-state index contributed by atoms with van der Waals surface area (Å²) in [5, 5.41) is 0. The Morgan fingerprint density at radius 2 is 1.62 bits per heavy atom. The Hall–Kier alpha value is -1.89. The van der Waals surface area contributed by atoms with Crippen LogP contribution in [-0.2, 0) is 11.2 Å². The van der Waals surface area contributed by atoms with Gasteiger partial charge in [-0.25, -0.2) is 0 Å². The fourth-order valence-corrected chi connectivity index (χ4v) is 4.16. The molecule has 0 heterocycles. The lowest BCUT2D eigenvalue weighted by atomic mass is 9.77. The minimum Gasteiger partial charge on any atom is -0.295 e. The second-order valence-electron chi connectivity index (χ2n) is 6.35. The number of carbonyl (C=O) groups excluding carboxylic acids is 1. The first-order chi connectivity index (χ1) is 10.3. The summed E-state index contributed by atoms with van der Waals surface area (Å²) in [6.07, 6.45) is 6.81. The van der Waals surface area contributed by atoms with Crippen molar-refractivity contribution >= 4 is 11.4 Å². The first-order valence-electron chi connectivity index (χ1n) is 8.01. The number of hydrogen-bond donors (Lipinski definition) is 0. The molecule has 0 bridgehead atoms. The Morgan fingerprint density at radius 1 is 0.810 bits per heavy atom. The molecular weight excluding hydrogens is 256 g/mol. The van der Waals surface area contributed by atoms with Gasteiger partial charge < -0.3 is 0 Å². The average Bonchev–Trinajstić information content (AvgIpc) is 2.66. The van der Waals surface area contributed by atoms with Gasteiger partial charge in [0.05, 0.1) is 0 Å². The molecule has 106 valence electrons. The van der Waals surface area contributed by atoms with E-state index in [-0.39, 0.29) is 0 Å². The van der Waals surface area contributed by atoms with E-state index in [0.29, 0.717) is 5.78 Å². The summed E-state index contributed by atoms with van der Waals surface area (Å²) in [7, 11) is 0. The van der Waals surface area contributed by atoms with Gasteiger partial charge in [0.2, 0.25) is 0 Å². The van der Waals surface area contributed by atoms with E-state index in [4.69, 9.17) is 0 Å². The summed E-state index contributed by atoms with van der Waals surface area (Å²) >= 11 is 0. The van der Waals surface area contributed by atoms with Crippen LogP contribution in [0.5, 0.6) is 0 Å². The molecule has 0 radical (unpaired) electrons. The molecule has 0 unspecified atom stereocenters. The molecule has 0 aliphatic heterocycles. The van der Waals surface area contributed by atoms with Gasteiger partial charge in [-0.15, -0.1) is 0 Å². The molecule has 3 aliphatic rings. The van der Waals surface area contributed by atoms with E-state index in [1.165, 1.54) is 33.4 Å². The van der Waals surface area contributed by atoms with Crippen LogP contribution in [0.2, 0.25) is 0 Å². The molecule has 0 N–H and O–H groups in total. The third kappa shape index (κ3) is 1.95. The van der Waals surface area contributed by atoms with Crippen molar-refractivity contribution in [1.82, 2.24) is 0 Å². The predicted octanol–water partition coefficient (Wildman–Crippen LogP) is 4.79. The Morgan fingerprint density at radius 3 is 2.52 bits per heavy atom. The number of allylic oxidation sites excluding steroid dienone is 5. The Bertz CT molecular complexity index is 715. The lowest BCUT2D eigenvalue weighted by molar-refractivity contribution is -0.116. The van der Waals surface area contributed by atoms with E-state index < -0.39 is 0 Å². The monoisotopic (exact) mass is 276 g/mol. The van der Waals surface area contributed by atoms with Crippen LogP contribution in [0.15, 0.2) is 53.1 Å². The molecule has 21 heavy (non-hydrogen) atoms. The summed E-state index contributed by atoms with van der Waals surface area (Å²) in [6.45, 7) is 4.34. The van der Waals surface area contributed by atoms with Crippen molar-refractivity contribution in [1.29, 1.82) is 0 Å². The maximum atomic E-state index is 12.3. The van der Waals surface area contributed by atoms with Gasteiger partial charge in [-0.2, -0.15) is 0 Å². The van der Waals surface area contributed by atoms with Crippen molar-refractivity contribution in [2.45, 2.75) is 44.9 Å². The molecule has 0 atom stereocenters. The third-order valence-corrected chi connectivity index (χ3v) is 5.16. The van der Waals surface area contributed by atoms with Crippen LogP contribution < -0.4 is 0 Å². The van der Waals surface area contributed by atoms with Crippen LogP contribution in [0.25, 0.3) is 5.57 Å². The van der Waals surface area contributed by atoms with E-state index in [1.54, 1.807) is 0 Å². The quantitative estimate of drug-likeness (QED) is 0.666. The second kappa shape index (κ2) is 4.84. The summed E-state index contributed by atoms with van der Waals surface area (Å²) in [6, 6.07) is 8.71. The second-order valence-corrected chi connectivity index (χ2v) is 6.35. The number of aryl methyl sites for hydroxylation is 1. The van der Waals surface area contributed by atoms with Crippen LogP contribution in [0.1, 0.15) is 49.7 Å². The molecule has 1 heteroatoms. The summed E-state index contributed by atoms with van der Waals surface area (Å²) in [5.41, 5.74) is 9.29. The molecule has 0 aromatic heterocycles. The zero-order valence-corrected chi connectivity index (χ0v) is 12.4. The average molecular weight is 276 g/mol. The van der Waals surface area contributed by atoms with Gasteiger partial charge in [0.15, 0.2) is 5.78 Å². The third-order valence-electron chi connectivity index (χ3n) is 5.16. The number of carbonyl (C=O) groups is 1. The molecule has 1 aromatic carbocycles. The number of ketones is 1. The van der Waals surface area contributed by atoms with E-state index in [1.807, 2.05) is 0 Å². The molecule has 0 saturated carbocycles. The van der Waals surface area contributed by atoms with Gasteiger partial charge in [0, 0.05) is 6.42 Å². The van der Waals surface area contributed by atoms with Crippen molar-refractivity contribution in [3.63, 3.8) is 0 Å². The summed E-state index contributed by atoms with van der Waals surface area (Å²) in [4.78, 5) is 12.3. The van der Waals surface area contributed by atoms with Gasteiger partial charge in [-0.05, 0) is 77.5 Å². The largest absolute Gasteiger partial charge is 0.295 e. The lowest BCUT2D eigenvalue weighted by Crippen LogP contribution is -2.14. The van der Waals surface area contributed by atoms with E-state index >= 15 is 0 Å². The molecule has 0 amide bonds. The van der Waals surface area contributed by atoms with Gasteiger partial charge >= 0.3 is 0 Å². The van der Waals surface area contributed by atoms with Crippen molar-refractivity contribution in [3.05, 3.63) is 64.3 Å². The maximum Gasteiger partial charge on any atom is 0.159 e. The lowest BCUT2D eigenvalue weighted by Gasteiger charge is -2.27. The van der Waals surface area contributed by atoms with Crippen LogP contribution >= 0.6 is 0 Å². The predicted molar refractivity (Wildman–Crippen MR) is 85.9 cm³/mol. The normalized spacial score (nSPS) is 21.7. The van der Waals surface area contributed by atoms with E-state index in [2.05, 4.69) is 30.8 Å². The number of hydrogen-bond acceptors (Lipinski definition) is 1. The first-order valence-corrected chi connectivity index (χ1v) is 8.01. The minimum atomic E-state index is 0.386. The Balaban J connectivity index is 1.96. The topological polar surface area (TPSA) is 17.1 Å². The zero-order chi connectivity index (χ0) is 14.4. The van der Waals surface area contributed by atoms with Crippen molar-refractivity contribution in [2.75, 3.05) is 0 Å². The minimum absolute atomic E-state index is 0.386. The molecule has 1 aromatic rings. The maximum absolute atomic E-state index is 12.3. The van der Waals surface area contributed by atoms with Crippen molar-refractivity contribution in [2.24, 2.45) is 0 Å². The first kappa shape index (κ1) is 12.8. The standard InChI is InChI=1S/C20H20O/c1-13-9-11-17-16(7-4-8-19(17)21)18-12-10-14-5-2-3-6-15(14)20(13)18/h2-3,5-6H,1,4,7-12H2. The SMILES string of the molecule is C=C1CCC2=C(CCCC2=O)C2=C1c1ccccc1CC2. The molecule has 0 saturated heterocycles. The summed E-state index contributed by atoms with van der Waals surface area (Å²) < 4.78 is 0. The summed E-state index contributed by atoms with van der Waals surface area (Å²) in [5.74, 6) is 0.386. The Kier molecular flexibility index (Phi) is 2.95. The number of benzene rings is 1. The smallest absolute Gasteiger partial charge is 0.159 e. The molecule has 3 aliphatic carbocycles. The fraction of sp³-hybridized carbons (Fsp3) is 0.350. The highest BCUT2D eigenvalue weighted by atomic mass is 16.1. The van der Waals surface area contributed by atoms with Crippen LogP contribution in [-0.4, -0.2) is 5.78 Å². The van der Waals surface area contributed by atoms with E-state index in [9.17, 15) is 4.79 Å². The molecule has 1 nitrogen and oxygen atoms in total. The van der Waals surface area contributed by atoms with Crippen molar-refractivity contribution in [3.8, 4) is 0 Å². The van der Waals surface area contributed by atoms with Crippen LogP contribution in [0, 0.1) is 0 Å².